The van der Waals surface area contributed by atoms with Crippen LogP contribution in [-0.2, 0) is 4.79 Å². The number of nitrogens with one attached hydrogen (secondary N) is 2. The smallest absolute Gasteiger partial charge is 0.257 e. The lowest BCUT2D eigenvalue weighted by Gasteiger charge is -2.31. The molecule has 4 rings (SSSR count). The molecule has 0 saturated heterocycles. The maximum absolute atomic E-state index is 13.0. The number of ketones is 1. The molecular formula is C20H23N3O3S. The lowest BCUT2D eigenvalue weighted by Crippen LogP contribution is -2.32. The second-order valence-corrected chi connectivity index (χ2v) is 8.09. The van der Waals surface area contributed by atoms with Gasteiger partial charge in [0.15, 0.2) is 10.9 Å². The lowest BCUT2D eigenvalue weighted by atomic mass is 9.79. The van der Waals surface area contributed by atoms with Gasteiger partial charge < -0.3 is 14.7 Å². The number of carbonyl (C=O) groups excluding carboxylic acids is 1. The summed E-state index contributed by atoms with van der Waals surface area (Å²) < 4.78 is 5.84. The van der Waals surface area contributed by atoms with Gasteiger partial charge in [-0.05, 0) is 38.3 Å². The molecule has 7 heteroatoms. The van der Waals surface area contributed by atoms with Crippen molar-refractivity contribution in [3.05, 3.63) is 50.8 Å². The third-order valence-corrected chi connectivity index (χ3v) is 5.98. The lowest BCUT2D eigenvalue weighted by molar-refractivity contribution is -0.116. The molecular weight excluding hydrogens is 362 g/mol. The number of rotatable bonds is 5. The van der Waals surface area contributed by atoms with E-state index in [-0.39, 0.29) is 11.3 Å². The third kappa shape index (κ3) is 3.36. The number of Topliss-reactive ketones (excluding diaryl/α,β-unsaturated/α-hetero) is 1. The number of hydrogen-bond acceptors (Lipinski definition) is 6. The van der Waals surface area contributed by atoms with Gasteiger partial charge in [-0.3, -0.25) is 9.59 Å². The van der Waals surface area contributed by atoms with E-state index in [1.807, 2.05) is 19.1 Å². The standard InChI is InChI=1S/C20H23N3O3S/c1-3-4-10-27-20-22-18-17(19(25)23-20)16(14-9-8-11(2)26-14)15-12(21-18)6-5-7-13(15)24/h8-9,16H,3-7,10H2,1-2H3,(H2,21,22,23,25). The average Bonchev–Trinajstić information content (AvgIpc) is 3.06. The minimum absolute atomic E-state index is 0.0780. The molecule has 6 nitrogen and oxygen atoms in total. The Bertz CT molecular complexity index is 973. The summed E-state index contributed by atoms with van der Waals surface area (Å²) in [7, 11) is 0. The van der Waals surface area contributed by atoms with Crippen molar-refractivity contribution in [3.8, 4) is 0 Å². The molecule has 27 heavy (non-hydrogen) atoms. The summed E-state index contributed by atoms with van der Waals surface area (Å²) in [6, 6.07) is 3.71. The van der Waals surface area contributed by atoms with E-state index in [4.69, 9.17) is 4.42 Å². The van der Waals surface area contributed by atoms with Gasteiger partial charge in [-0.1, -0.05) is 25.1 Å². The highest BCUT2D eigenvalue weighted by Crippen LogP contribution is 2.43. The number of furan rings is 1. The number of allylic oxidation sites excluding steroid dienone is 2. The van der Waals surface area contributed by atoms with Crippen LogP contribution in [0.4, 0.5) is 5.82 Å². The van der Waals surface area contributed by atoms with E-state index in [1.165, 1.54) is 0 Å². The predicted octanol–water partition coefficient (Wildman–Crippen LogP) is 4.13. The summed E-state index contributed by atoms with van der Waals surface area (Å²) in [5.74, 6) is 2.41. The molecule has 3 heterocycles. The van der Waals surface area contributed by atoms with Crippen molar-refractivity contribution < 1.29 is 9.21 Å². The van der Waals surface area contributed by atoms with Crippen LogP contribution in [0.15, 0.2) is 37.8 Å². The zero-order valence-electron chi connectivity index (χ0n) is 15.6. The summed E-state index contributed by atoms with van der Waals surface area (Å²) >= 11 is 1.55. The largest absolute Gasteiger partial charge is 0.465 e. The monoisotopic (exact) mass is 385 g/mol. The fourth-order valence-corrected chi connectivity index (χ4v) is 4.66. The number of unbranched alkanes of at least 4 members (excludes halogenated alkanes) is 1. The fraction of sp³-hybridized carbons (Fsp3) is 0.450. The maximum Gasteiger partial charge on any atom is 0.257 e. The molecule has 2 aliphatic rings. The van der Waals surface area contributed by atoms with E-state index in [2.05, 4.69) is 22.2 Å². The number of aromatic amines is 1. The molecule has 0 bridgehead atoms. The van der Waals surface area contributed by atoms with Gasteiger partial charge in [0.1, 0.15) is 17.3 Å². The number of thioether (sulfide) groups is 1. The first-order chi connectivity index (χ1) is 13.1. The SMILES string of the molecule is CCCCSc1nc2c(c(=O)[nH]1)C(c1ccc(C)o1)C1=C(CCCC1=O)N2. The predicted molar refractivity (Wildman–Crippen MR) is 105 cm³/mol. The number of nitrogens with zero attached hydrogens (tertiary/aromatic N) is 1. The highest BCUT2D eigenvalue weighted by Gasteiger charge is 2.39. The van der Waals surface area contributed by atoms with E-state index in [9.17, 15) is 9.59 Å². The van der Waals surface area contributed by atoms with Crippen LogP contribution < -0.4 is 10.9 Å². The number of aromatic nitrogens is 2. The highest BCUT2D eigenvalue weighted by atomic mass is 32.2. The highest BCUT2D eigenvalue weighted by molar-refractivity contribution is 7.99. The molecule has 0 aromatic carbocycles. The van der Waals surface area contributed by atoms with Gasteiger partial charge in [-0.15, -0.1) is 0 Å². The van der Waals surface area contributed by atoms with Crippen molar-refractivity contribution in [1.29, 1.82) is 0 Å². The van der Waals surface area contributed by atoms with Gasteiger partial charge in [0.25, 0.3) is 5.56 Å². The molecule has 1 aliphatic carbocycles. The van der Waals surface area contributed by atoms with Gasteiger partial charge in [0, 0.05) is 23.4 Å². The van der Waals surface area contributed by atoms with Crippen LogP contribution in [0.2, 0.25) is 0 Å². The normalized spacial score (nSPS) is 18.9. The number of aryl methyl sites for hydroxylation is 1. The first-order valence-electron chi connectivity index (χ1n) is 9.45. The van der Waals surface area contributed by atoms with Crippen LogP contribution in [0.3, 0.4) is 0 Å². The van der Waals surface area contributed by atoms with Crippen molar-refractivity contribution in [1.82, 2.24) is 9.97 Å². The molecule has 0 radical (unpaired) electrons. The molecule has 0 amide bonds. The van der Waals surface area contributed by atoms with Crippen molar-refractivity contribution in [2.75, 3.05) is 11.1 Å². The quantitative estimate of drug-likeness (QED) is 0.457. The van der Waals surface area contributed by atoms with E-state index < -0.39 is 5.92 Å². The number of anilines is 1. The van der Waals surface area contributed by atoms with Crippen LogP contribution >= 0.6 is 11.8 Å². The van der Waals surface area contributed by atoms with E-state index in [0.717, 1.165) is 42.9 Å². The maximum atomic E-state index is 13.0. The van der Waals surface area contributed by atoms with Crippen molar-refractivity contribution in [3.63, 3.8) is 0 Å². The summed E-state index contributed by atoms with van der Waals surface area (Å²) in [5, 5.41) is 3.89. The van der Waals surface area contributed by atoms with Crippen molar-refractivity contribution in [2.24, 2.45) is 0 Å². The minimum atomic E-state index is -0.497. The van der Waals surface area contributed by atoms with Gasteiger partial charge in [0.05, 0.1) is 11.5 Å². The van der Waals surface area contributed by atoms with E-state index >= 15 is 0 Å². The zero-order valence-corrected chi connectivity index (χ0v) is 16.4. The molecule has 0 saturated carbocycles. The molecule has 2 aromatic heterocycles. The Kier molecular flexibility index (Phi) is 4.95. The molecule has 2 N–H and O–H groups in total. The number of carbonyl (C=O) groups is 1. The van der Waals surface area contributed by atoms with E-state index in [1.54, 1.807) is 11.8 Å². The van der Waals surface area contributed by atoms with Gasteiger partial charge in [0.2, 0.25) is 0 Å². The number of hydrogen-bond donors (Lipinski definition) is 2. The first kappa shape index (κ1) is 18.1. The fourth-order valence-electron chi connectivity index (χ4n) is 3.72. The summed E-state index contributed by atoms with van der Waals surface area (Å²) in [6.45, 7) is 3.99. The molecule has 1 unspecified atom stereocenters. The van der Waals surface area contributed by atoms with Crippen LogP contribution in [0.1, 0.15) is 62.0 Å². The van der Waals surface area contributed by atoms with Crippen molar-refractivity contribution >= 4 is 23.4 Å². The summed E-state index contributed by atoms with van der Waals surface area (Å²) in [5.41, 5.74) is 1.79. The molecule has 1 atom stereocenters. The Labute approximate surface area is 161 Å². The number of H-pyrrole nitrogens is 1. The Morgan fingerprint density at radius 2 is 2.15 bits per heavy atom. The Morgan fingerprint density at radius 1 is 1.30 bits per heavy atom. The van der Waals surface area contributed by atoms with Gasteiger partial charge in [-0.2, -0.15) is 0 Å². The second-order valence-electron chi connectivity index (χ2n) is 7.01. The van der Waals surface area contributed by atoms with Gasteiger partial charge >= 0.3 is 0 Å². The Balaban J connectivity index is 1.83. The first-order valence-corrected chi connectivity index (χ1v) is 10.4. The minimum Gasteiger partial charge on any atom is -0.465 e. The van der Waals surface area contributed by atoms with Crippen LogP contribution in [0.25, 0.3) is 0 Å². The topological polar surface area (TPSA) is 88.0 Å². The van der Waals surface area contributed by atoms with Crippen LogP contribution in [0.5, 0.6) is 0 Å². The summed E-state index contributed by atoms with van der Waals surface area (Å²) in [4.78, 5) is 33.2. The molecule has 0 spiro atoms. The van der Waals surface area contributed by atoms with Crippen LogP contribution in [-0.4, -0.2) is 21.5 Å². The molecule has 142 valence electrons. The Hall–Kier alpha value is -2.28. The second kappa shape index (κ2) is 7.38. The van der Waals surface area contributed by atoms with Crippen molar-refractivity contribution in [2.45, 2.75) is 57.0 Å². The third-order valence-electron chi connectivity index (χ3n) is 5.02. The Morgan fingerprint density at radius 3 is 2.89 bits per heavy atom. The van der Waals surface area contributed by atoms with Gasteiger partial charge in [-0.25, -0.2) is 4.98 Å². The average molecular weight is 385 g/mol. The molecule has 2 aromatic rings. The molecule has 0 fully saturated rings. The number of fused-ring (bicyclic) bond motifs is 1. The summed E-state index contributed by atoms with van der Waals surface area (Å²) in [6.07, 6.45) is 4.26. The molecule has 1 aliphatic heterocycles. The zero-order chi connectivity index (χ0) is 19.0. The van der Waals surface area contributed by atoms with E-state index in [0.29, 0.717) is 34.3 Å². The van der Waals surface area contributed by atoms with Crippen LogP contribution in [0, 0.1) is 6.92 Å².